The Bertz CT molecular complexity index is 1470. The first kappa shape index (κ1) is 24.1. The fraction of sp³-hybridized carbons (Fsp3) is 0.179. The number of benzene rings is 3. The summed E-state index contributed by atoms with van der Waals surface area (Å²) in [6.07, 6.45) is 0.425. The monoisotopic (exact) mass is 499 g/mol. The molecule has 3 aromatic carbocycles. The molecule has 2 N–H and O–H groups in total. The lowest BCUT2D eigenvalue weighted by Crippen LogP contribution is -2.43. The van der Waals surface area contributed by atoms with Crippen LogP contribution in [0.1, 0.15) is 16.8 Å². The molecule has 0 radical (unpaired) electrons. The van der Waals surface area contributed by atoms with Gasteiger partial charge in [0.1, 0.15) is 11.6 Å². The molecule has 2 heterocycles. The van der Waals surface area contributed by atoms with Crippen LogP contribution in [0.25, 0.3) is 5.69 Å². The summed E-state index contributed by atoms with van der Waals surface area (Å²) in [5, 5.41) is 6.01. The average molecular weight is 500 g/mol. The number of fused-ring (bicyclic) bond motifs is 1. The number of nitrogens with one attached hydrogen (secondary N) is 2. The molecule has 0 saturated carbocycles. The Hall–Kier alpha value is -4.66. The molecule has 0 saturated heterocycles. The predicted molar refractivity (Wildman–Crippen MR) is 140 cm³/mol. The molecule has 4 aromatic rings. The molecule has 9 heteroatoms. The van der Waals surface area contributed by atoms with E-state index in [1.165, 1.54) is 27.7 Å². The van der Waals surface area contributed by atoms with Gasteiger partial charge in [0.25, 0.3) is 5.56 Å². The highest BCUT2D eigenvalue weighted by atomic mass is 19.1. The second kappa shape index (κ2) is 10.5. The van der Waals surface area contributed by atoms with Crippen LogP contribution in [0.2, 0.25) is 0 Å². The van der Waals surface area contributed by atoms with Gasteiger partial charge in [0, 0.05) is 25.2 Å². The van der Waals surface area contributed by atoms with Gasteiger partial charge >= 0.3 is 6.03 Å². The van der Waals surface area contributed by atoms with Crippen molar-refractivity contribution < 1.29 is 13.9 Å². The second-order valence-electron chi connectivity index (χ2n) is 8.65. The summed E-state index contributed by atoms with van der Waals surface area (Å²) < 4.78 is 20.3. The Morgan fingerprint density at radius 1 is 1.05 bits per heavy atom. The zero-order valence-corrected chi connectivity index (χ0v) is 20.3. The van der Waals surface area contributed by atoms with Crippen molar-refractivity contribution in [3.05, 3.63) is 112 Å². The SMILES string of the molecule is COc1ccc(CNc2nc3c(c(=O)n2-c2ccccc2)CN(C(=O)Nc2cccc(F)c2)CC3)cc1. The van der Waals surface area contributed by atoms with Gasteiger partial charge in [0.05, 0.1) is 30.6 Å². The van der Waals surface area contributed by atoms with Crippen molar-refractivity contribution in [2.75, 3.05) is 24.3 Å². The molecule has 0 atom stereocenters. The van der Waals surface area contributed by atoms with Crippen LogP contribution in [0, 0.1) is 5.82 Å². The lowest BCUT2D eigenvalue weighted by molar-refractivity contribution is 0.205. The number of methoxy groups -OCH3 is 1. The Morgan fingerprint density at radius 3 is 2.57 bits per heavy atom. The van der Waals surface area contributed by atoms with Crippen LogP contribution < -0.4 is 20.9 Å². The molecule has 188 valence electrons. The number of para-hydroxylation sites is 1. The first-order valence-corrected chi connectivity index (χ1v) is 11.9. The van der Waals surface area contributed by atoms with Crippen molar-refractivity contribution in [2.24, 2.45) is 0 Å². The molecule has 2 amide bonds. The smallest absolute Gasteiger partial charge is 0.322 e. The quantitative estimate of drug-likeness (QED) is 0.405. The molecular formula is C28H26FN5O3. The van der Waals surface area contributed by atoms with E-state index in [0.717, 1.165) is 11.3 Å². The maximum absolute atomic E-state index is 13.8. The van der Waals surface area contributed by atoms with E-state index >= 15 is 0 Å². The third kappa shape index (κ3) is 5.30. The molecule has 1 aliphatic heterocycles. The highest BCUT2D eigenvalue weighted by Gasteiger charge is 2.27. The fourth-order valence-electron chi connectivity index (χ4n) is 4.28. The number of anilines is 2. The summed E-state index contributed by atoms with van der Waals surface area (Å²) in [7, 11) is 1.62. The van der Waals surface area contributed by atoms with Crippen LogP contribution in [0.3, 0.4) is 0 Å². The minimum absolute atomic E-state index is 0.105. The number of halogens is 1. The Kier molecular flexibility index (Phi) is 6.85. The van der Waals surface area contributed by atoms with Gasteiger partial charge in [-0.3, -0.25) is 4.79 Å². The molecule has 5 rings (SSSR count). The van der Waals surface area contributed by atoms with E-state index in [9.17, 15) is 14.0 Å². The first-order chi connectivity index (χ1) is 18.0. The van der Waals surface area contributed by atoms with E-state index in [-0.39, 0.29) is 12.1 Å². The summed E-state index contributed by atoms with van der Waals surface area (Å²) in [4.78, 5) is 33.0. The van der Waals surface area contributed by atoms with E-state index < -0.39 is 11.8 Å². The van der Waals surface area contributed by atoms with Crippen molar-refractivity contribution in [2.45, 2.75) is 19.5 Å². The largest absolute Gasteiger partial charge is 0.497 e. The number of rotatable bonds is 6. The second-order valence-corrected chi connectivity index (χ2v) is 8.65. The fourth-order valence-corrected chi connectivity index (χ4v) is 4.28. The van der Waals surface area contributed by atoms with Gasteiger partial charge in [-0.15, -0.1) is 0 Å². The highest BCUT2D eigenvalue weighted by molar-refractivity contribution is 5.89. The van der Waals surface area contributed by atoms with E-state index in [0.29, 0.717) is 48.1 Å². The van der Waals surface area contributed by atoms with Crippen LogP contribution in [0.4, 0.5) is 20.8 Å². The van der Waals surface area contributed by atoms with Crippen LogP contribution in [0.5, 0.6) is 5.75 Å². The zero-order chi connectivity index (χ0) is 25.8. The zero-order valence-electron chi connectivity index (χ0n) is 20.3. The number of hydrogen-bond acceptors (Lipinski definition) is 5. The van der Waals surface area contributed by atoms with Gasteiger partial charge in [0.15, 0.2) is 0 Å². The third-order valence-corrected chi connectivity index (χ3v) is 6.22. The summed E-state index contributed by atoms with van der Waals surface area (Å²) in [5.74, 6) is 0.762. The molecule has 8 nitrogen and oxygen atoms in total. The maximum atomic E-state index is 13.8. The topological polar surface area (TPSA) is 88.5 Å². The van der Waals surface area contributed by atoms with Gasteiger partial charge in [-0.1, -0.05) is 36.4 Å². The van der Waals surface area contributed by atoms with Crippen molar-refractivity contribution in [1.29, 1.82) is 0 Å². The summed E-state index contributed by atoms with van der Waals surface area (Å²) >= 11 is 0. The van der Waals surface area contributed by atoms with Crippen molar-refractivity contribution in [3.63, 3.8) is 0 Å². The summed E-state index contributed by atoms with van der Waals surface area (Å²) in [6, 6.07) is 22.2. The number of carbonyl (C=O) groups is 1. The highest BCUT2D eigenvalue weighted by Crippen LogP contribution is 2.21. The first-order valence-electron chi connectivity index (χ1n) is 11.9. The van der Waals surface area contributed by atoms with Gasteiger partial charge in [-0.05, 0) is 48.0 Å². The molecule has 1 aromatic heterocycles. The summed E-state index contributed by atoms with van der Waals surface area (Å²) in [6.45, 7) is 0.950. The molecule has 0 spiro atoms. The van der Waals surface area contributed by atoms with Crippen LogP contribution >= 0.6 is 0 Å². The third-order valence-electron chi connectivity index (χ3n) is 6.22. The van der Waals surface area contributed by atoms with Crippen molar-refractivity contribution in [3.8, 4) is 11.4 Å². The number of amides is 2. The van der Waals surface area contributed by atoms with E-state index in [4.69, 9.17) is 9.72 Å². The predicted octanol–water partition coefficient (Wildman–Crippen LogP) is 4.58. The Balaban J connectivity index is 1.43. The lowest BCUT2D eigenvalue weighted by Gasteiger charge is -2.29. The van der Waals surface area contributed by atoms with Crippen molar-refractivity contribution in [1.82, 2.24) is 14.5 Å². The number of urea groups is 1. The minimum atomic E-state index is -0.439. The van der Waals surface area contributed by atoms with Crippen LogP contribution in [-0.4, -0.2) is 34.1 Å². The Labute approximate surface area is 213 Å². The average Bonchev–Trinajstić information content (AvgIpc) is 2.92. The maximum Gasteiger partial charge on any atom is 0.322 e. The van der Waals surface area contributed by atoms with E-state index in [1.807, 2.05) is 54.6 Å². The van der Waals surface area contributed by atoms with E-state index in [2.05, 4.69) is 10.6 Å². The molecule has 0 bridgehead atoms. The van der Waals surface area contributed by atoms with Crippen LogP contribution in [0.15, 0.2) is 83.7 Å². The van der Waals surface area contributed by atoms with Gasteiger partial charge < -0.3 is 20.3 Å². The number of ether oxygens (including phenoxy) is 1. The standard InChI is InChI=1S/C28H26FN5O3/c1-37-23-12-10-19(11-13-23)17-30-27-32-25-14-15-33(28(36)31-21-7-5-6-20(29)16-21)18-24(25)26(35)34(27)22-8-3-2-4-9-22/h2-13,16H,14-15,17-18H2,1H3,(H,30,32)(H,31,36). The lowest BCUT2D eigenvalue weighted by atomic mass is 10.1. The number of hydrogen-bond donors (Lipinski definition) is 2. The molecule has 1 aliphatic rings. The molecule has 0 aliphatic carbocycles. The number of nitrogens with zero attached hydrogens (tertiary/aromatic N) is 3. The Morgan fingerprint density at radius 2 is 1.84 bits per heavy atom. The molecule has 37 heavy (non-hydrogen) atoms. The van der Waals surface area contributed by atoms with Gasteiger partial charge in [-0.2, -0.15) is 0 Å². The van der Waals surface area contributed by atoms with Gasteiger partial charge in [-0.25, -0.2) is 18.7 Å². The molecule has 0 fully saturated rings. The van der Waals surface area contributed by atoms with Crippen LogP contribution in [-0.2, 0) is 19.5 Å². The molecule has 0 unspecified atom stereocenters. The summed E-state index contributed by atoms with van der Waals surface area (Å²) in [5.41, 5.74) is 2.91. The van der Waals surface area contributed by atoms with Gasteiger partial charge in [0.2, 0.25) is 5.95 Å². The van der Waals surface area contributed by atoms with E-state index in [1.54, 1.807) is 13.2 Å². The minimum Gasteiger partial charge on any atom is -0.497 e. The molecular weight excluding hydrogens is 473 g/mol. The normalized spacial score (nSPS) is 12.5. The van der Waals surface area contributed by atoms with Crippen molar-refractivity contribution >= 4 is 17.7 Å². The number of aromatic nitrogens is 2. The number of carbonyl (C=O) groups excluding carboxylic acids is 1.